The zero-order valence-corrected chi connectivity index (χ0v) is 20.4. The molecule has 1 N–H and O–H groups in total. The van der Waals surface area contributed by atoms with Gasteiger partial charge in [-0.3, -0.25) is 4.79 Å². The van der Waals surface area contributed by atoms with E-state index in [2.05, 4.69) is 21.2 Å². The molecule has 0 radical (unpaired) electrons. The molecule has 0 saturated heterocycles. The molecule has 0 spiro atoms. The van der Waals surface area contributed by atoms with E-state index in [0.29, 0.717) is 11.8 Å². The fourth-order valence-electron chi connectivity index (χ4n) is 4.72. The van der Waals surface area contributed by atoms with Gasteiger partial charge in [0.1, 0.15) is 16.5 Å². The third kappa shape index (κ3) is 4.76. The molecule has 2 aliphatic rings. The zero-order chi connectivity index (χ0) is 21.9. The van der Waals surface area contributed by atoms with Crippen molar-refractivity contribution in [2.24, 2.45) is 4.99 Å². The van der Waals surface area contributed by atoms with Crippen molar-refractivity contribution in [3.8, 4) is 11.3 Å². The zero-order valence-electron chi connectivity index (χ0n) is 18.0. The van der Waals surface area contributed by atoms with Gasteiger partial charge >= 0.3 is 0 Å². The largest absolute Gasteiger partial charge is 0.455 e. The molecule has 0 atom stereocenters. The molecular weight excluding hydrogens is 484 g/mol. The van der Waals surface area contributed by atoms with E-state index in [9.17, 15) is 4.79 Å². The highest BCUT2D eigenvalue weighted by Gasteiger charge is 2.27. The third-order valence-electron chi connectivity index (χ3n) is 6.37. The maximum absolute atomic E-state index is 13.3. The summed E-state index contributed by atoms with van der Waals surface area (Å²) in [5, 5.41) is 4.12. The Labute approximate surface area is 201 Å². The van der Waals surface area contributed by atoms with E-state index < -0.39 is 0 Å². The first-order valence-corrected chi connectivity index (χ1v) is 13.1. The molecule has 1 aromatic carbocycles. The van der Waals surface area contributed by atoms with Crippen LogP contribution in [0.4, 0.5) is 5.00 Å². The van der Waals surface area contributed by atoms with Gasteiger partial charge in [0.05, 0.1) is 11.8 Å². The highest BCUT2D eigenvalue weighted by molar-refractivity contribution is 9.10. The summed E-state index contributed by atoms with van der Waals surface area (Å²) < 4.78 is 7.02. The van der Waals surface area contributed by atoms with Crippen molar-refractivity contribution >= 4 is 44.4 Å². The fourth-order valence-corrected chi connectivity index (χ4v) is 6.35. The minimum absolute atomic E-state index is 0.0534. The van der Waals surface area contributed by atoms with E-state index in [1.807, 2.05) is 36.4 Å². The lowest BCUT2D eigenvalue weighted by atomic mass is 9.93. The minimum atomic E-state index is 0.0534. The van der Waals surface area contributed by atoms with Gasteiger partial charge in [0.25, 0.3) is 5.91 Å². The van der Waals surface area contributed by atoms with Gasteiger partial charge in [-0.2, -0.15) is 0 Å². The number of fused-ring (bicyclic) bond motifs is 1. The van der Waals surface area contributed by atoms with E-state index in [1.54, 1.807) is 17.6 Å². The van der Waals surface area contributed by atoms with Crippen LogP contribution in [0.5, 0.6) is 0 Å². The highest BCUT2D eigenvalue weighted by Crippen LogP contribution is 2.40. The molecule has 1 saturated carbocycles. The number of halogens is 1. The van der Waals surface area contributed by atoms with Gasteiger partial charge in [0, 0.05) is 21.0 Å². The van der Waals surface area contributed by atoms with Crippen LogP contribution in [0, 0.1) is 0 Å². The van der Waals surface area contributed by atoms with Gasteiger partial charge in [-0.1, -0.05) is 47.3 Å². The Bertz CT molecular complexity index is 1140. The predicted molar refractivity (Wildman–Crippen MR) is 134 cm³/mol. The predicted octanol–water partition coefficient (Wildman–Crippen LogP) is 7.46. The lowest BCUT2D eigenvalue weighted by Crippen LogP contribution is -2.36. The maximum Gasteiger partial charge on any atom is 0.254 e. The quantitative estimate of drug-likeness (QED) is 0.362. The SMILES string of the molecule is O=C(NC1CCCCC1)c1c(/N=C\c2ccc(-c3cccc(Br)c3)o2)sc2c1CCCC2. The number of aliphatic imine (C=N–C) groups is 1. The van der Waals surface area contributed by atoms with Gasteiger partial charge in [-0.05, 0) is 68.4 Å². The van der Waals surface area contributed by atoms with Crippen molar-refractivity contribution in [3.05, 3.63) is 62.6 Å². The molecule has 5 rings (SSSR count). The molecule has 6 heteroatoms. The average Bonchev–Trinajstić information content (AvgIpc) is 3.43. The van der Waals surface area contributed by atoms with Crippen molar-refractivity contribution < 1.29 is 9.21 Å². The van der Waals surface area contributed by atoms with Crippen LogP contribution < -0.4 is 5.32 Å². The van der Waals surface area contributed by atoms with Gasteiger partial charge in [0.15, 0.2) is 0 Å². The topological polar surface area (TPSA) is 54.6 Å². The summed E-state index contributed by atoms with van der Waals surface area (Å²) in [7, 11) is 0. The van der Waals surface area contributed by atoms with Gasteiger partial charge in [-0.25, -0.2) is 4.99 Å². The molecule has 3 aromatic rings. The average molecular weight is 511 g/mol. The van der Waals surface area contributed by atoms with Crippen LogP contribution in [0.25, 0.3) is 11.3 Å². The lowest BCUT2D eigenvalue weighted by Gasteiger charge is -2.23. The summed E-state index contributed by atoms with van der Waals surface area (Å²) >= 11 is 5.18. The van der Waals surface area contributed by atoms with Crippen LogP contribution in [-0.4, -0.2) is 18.2 Å². The monoisotopic (exact) mass is 510 g/mol. The third-order valence-corrected chi connectivity index (χ3v) is 8.06. The van der Waals surface area contributed by atoms with E-state index in [0.717, 1.165) is 58.5 Å². The number of nitrogens with one attached hydrogen (secondary N) is 1. The first-order valence-electron chi connectivity index (χ1n) is 11.5. The van der Waals surface area contributed by atoms with Crippen molar-refractivity contribution in [3.63, 3.8) is 0 Å². The molecule has 2 heterocycles. The molecule has 166 valence electrons. The number of nitrogens with zero attached hydrogens (tertiary/aromatic N) is 1. The number of amides is 1. The number of rotatable bonds is 5. The molecule has 2 aromatic heterocycles. The van der Waals surface area contributed by atoms with Crippen molar-refractivity contribution in [2.45, 2.75) is 63.8 Å². The highest BCUT2D eigenvalue weighted by atomic mass is 79.9. The first kappa shape index (κ1) is 21.7. The lowest BCUT2D eigenvalue weighted by molar-refractivity contribution is 0.0927. The maximum atomic E-state index is 13.3. The Morgan fingerprint density at radius 3 is 2.78 bits per heavy atom. The number of hydrogen-bond donors (Lipinski definition) is 1. The van der Waals surface area contributed by atoms with E-state index in [4.69, 9.17) is 9.41 Å². The molecule has 1 amide bonds. The van der Waals surface area contributed by atoms with Gasteiger partial charge in [-0.15, -0.1) is 11.3 Å². The van der Waals surface area contributed by atoms with Crippen molar-refractivity contribution in [2.75, 3.05) is 0 Å². The van der Waals surface area contributed by atoms with Crippen LogP contribution in [0.15, 0.2) is 50.3 Å². The second-order valence-electron chi connectivity index (χ2n) is 8.67. The van der Waals surface area contributed by atoms with Crippen LogP contribution in [0.2, 0.25) is 0 Å². The molecule has 4 nitrogen and oxygen atoms in total. The van der Waals surface area contributed by atoms with E-state index in [-0.39, 0.29) is 5.91 Å². The second kappa shape index (κ2) is 9.75. The molecule has 32 heavy (non-hydrogen) atoms. The van der Waals surface area contributed by atoms with Crippen molar-refractivity contribution in [1.82, 2.24) is 5.32 Å². The number of furan rings is 1. The summed E-state index contributed by atoms with van der Waals surface area (Å²) in [6.07, 6.45) is 12.0. The van der Waals surface area contributed by atoms with Crippen molar-refractivity contribution in [1.29, 1.82) is 0 Å². The number of aryl methyl sites for hydroxylation is 1. The molecule has 0 aliphatic heterocycles. The standard InChI is InChI=1S/C26H27BrN2O2S/c27-18-8-6-7-17(15-18)22-14-13-20(31-22)16-28-26-24(21-11-4-5-12-23(21)32-26)25(30)29-19-9-2-1-3-10-19/h6-8,13-16,19H,1-5,9-12H2,(H,29,30)/b28-16-. The van der Waals surface area contributed by atoms with Gasteiger partial charge < -0.3 is 9.73 Å². The molecule has 0 bridgehead atoms. The Hall–Kier alpha value is -2.18. The van der Waals surface area contributed by atoms with Gasteiger partial charge in [0.2, 0.25) is 0 Å². The number of thiophene rings is 1. The Balaban J connectivity index is 1.40. The number of carbonyl (C=O) groups is 1. The van der Waals surface area contributed by atoms with Crippen LogP contribution in [0.1, 0.15) is 71.5 Å². The fraction of sp³-hybridized carbons (Fsp3) is 0.385. The molecule has 1 fully saturated rings. The summed E-state index contributed by atoms with van der Waals surface area (Å²) in [6.45, 7) is 0. The summed E-state index contributed by atoms with van der Waals surface area (Å²) in [5.74, 6) is 1.54. The van der Waals surface area contributed by atoms with E-state index >= 15 is 0 Å². The Morgan fingerprint density at radius 1 is 1.09 bits per heavy atom. The molecule has 2 aliphatic carbocycles. The normalized spacial score (nSPS) is 16.9. The number of carbonyl (C=O) groups excluding carboxylic acids is 1. The first-order chi connectivity index (χ1) is 15.7. The Kier molecular flexibility index (Phi) is 6.60. The summed E-state index contributed by atoms with van der Waals surface area (Å²) in [6, 6.07) is 12.2. The molecular formula is C26H27BrN2O2S. The summed E-state index contributed by atoms with van der Waals surface area (Å²) in [4.78, 5) is 19.4. The number of benzene rings is 1. The van der Waals surface area contributed by atoms with Crippen LogP contribution in [-0.2, 0) is 12.8 Å². The molecule has 0 unspecified atom stereocenters. The van der Waals surface area contributed by atoms with Crippen LogP contribution >= 0.6 is 27.3 Å². The van der Waals surface area contributed by atoms with E-state index in [1.165, 1.54) is 36.1 Å². The van der Waals surface area contributed by atoms with Crippen LogP contribution in [0.3, 0.4) is 0 Å². The number of hydrogen-bond acceptors (Lipinski definition) is 4. The summed E-state index contributed by atoms with van der Waals surface area (Å²) in [5.41, 5.74) is 3.03. The minimum Gasteiger partial charge on any atom is -0.455 e. The Morgan fingerprint density at radius 2 is 1.94 bits per heavy atom. The second-order valence-corrected chi connectivity index (χ2v) is 10.7. The smallest absolute Gasteiger partial charge is 0.254 e.